The highest BCUT2D eigenvalue weighted by atomic mass is 16.5. The minimum Gasteiger partial charge on any atom is -0.501 e. The first-order chi connectivity index (χ1) is 6.69. The molecule has 0 saturated carbocycles. The second kappa shape index (κ2) is 4.28. The maximum absolute atomic E-state index is 10.9. The molecule has 1 aliphatic rings. The van der Waals surface area contributed by atoms with Crippen LogP contribution >= 0.6 is 0 Å². The molecule has 1 atom stereocenters. The van der Waals surface area contributed by atoms with Gasteiger partial charge < -0.3 is 14.2 Å². The summed E-state index contributed by atoms with van der Waals surface area (Å²) in [6.45, 7) is 0. The van der Waals surface area contributed by atoms with E-state index >= 15 is 0 Å². The van der Waals surface area contributed by atoms with Crippen molar-refractivity contribution in [1.82, 2.24) is 0 Å². The Bertz CT molecular complexity index is 280. The Hall–Kier alpha value is -1.29. The van der Waals surface area contributed by atoms with Gasteiger partial charge in [-0.05, 0) is 6.08 Å². The lowest BCUT2D eigenvalue weighted by Gasteiger charge is -2.27. The number of hydrogen-bond acceptors (Lipinski definition) is 4. The minimum absolute atomic E-state index is 0.399. The van der Waals surface area contributed by atoms with Gasteiger partial charge in [0.1, 0.15) is 11.5 Å². The van der Waals surface area contributed by atoms with Gasteiger partial charge in [0.25, 0.3) is 0 Å². The van der Waals surface area contributed by atoms with E-state index in [2.05, 4.69) is 0 Å². The highest BCUT2D eigenvalue weighted by Crippen LogP contribution is 2.28. The molecule has 0 aromatic carbocycles. The van der Waals surface area contributed by atoms with E-state index in [4.69, 9.17) is 14.2 Å². The number of carbonyl (C=O) groups is 1. The van der Waals surface area contributed by atoms with Crippen molar-refractivity contribution >= 4 is 6.29 Å². The highest BCUT2D eigenvalue weighted by Gasteiger charge is 2.32. The Balaban J connectivity index is 3.00. The molecular weight excluding hydrogens is 184 g/mol. The summed E-state index contributed by atoms with van der Waals surface area (Å²) in [5.74, 6) is 1.24. The average Bonchev–Trinajstić information content (AvgIpc) is 2.28. The molecule has 4 heteroatoms. The molecule has 1 unspecified atom stereocenters. The number of carbonyl (C=O) groups excluding carboxylic acids is 1. The van der Waals surface area contributed by atoms with Crippen LogP contribution in [0.2, 0.25) is 0 Å². The fraction of sp³-hybridized carbons (Fsp3) is 0.500. The van der Waals surface area contributed by atoms with E-state index in [0.717, 1.165) is 6.29 Å². The van der Waals surface area contributed by atoms with E-state index in [1.807, 2.05) is 0 Å². The van der Waals surface area contributed by atoms with Gasteiger partial charge >= 0.3 is 0 Å². The number of methoxy groups -OCH3 is 3. The summed E-state index contributed by atoms with van der Waals surface area (Å²) in [6, 6.07) is 0. The van der Waals surface area contributed by atoms with Crippen LogP contribution in [0.25, 0.3) is 0 Å². The van der Waals surface area contributed by atoms with Crippen molar-refractivity contribution in [2.45, 2.75) is 12.0 Å². The summed E-state index contributed by atoms with van der Waals surface area (Å²) in [5.41, 5.74) is -0.953. The topological polar surface area (TPSA) is 44.8 Å². The van der Waals surface area contributed by atoms with Gasteiger partial charge in [0.05, 0.1) is 14.2 Å². The van der Waals surface area contributed by atoms with Crippen LogP contribution in [0, 0.1) is 0 Å². The SMILES string of the molecule is COC1=CC(C=O)(OC)CC(OC)=C1. The van der Waals surface area contributed by atoms with Crippen molar-refractivity contribution in [2.24, 2.45) is 0 Å². The summed E-state index contributed by atoms with van der Waals surface area (Å²) in [5, 5.41) is 0. The number of allylic oxidation sites excluding steroid dienone is 1. The fourth-order valence-electron chi connectivity index (χ4n) is 1.32. The number of hydrogen-bond donors (Lipinski definition) is 0. The van der Waals surface area contributed by atoms with Crippen LogP contribution in [0.15, 0.2) is 23.7 Å². The van der Waals surface area contributed by atoms with Crippen LogP contribution in [0.4, 0.5) is 0 Å². The molecule has 0 amide bonds. The monoisotopic (exact) mass is 198 g/mol. The van der Waals surface area contributed by atoms with Crippen LogP contribution in [0.1, 0.15) is 6.42 Å². The lowest BCUT2D eigenvalue weighted by molar-refractivity contribution is -0.123. The first-order valence-electron chi connectivity index (χ1n) is 4.22. The van der Waals surface area contributed by atoms with Crippen molar-refractivity contribution in [3.8, 4) is 0 Å². The zero-order valence-electron chi connectivity index (χ0n) is 8.57. The van der Waals surface area contributed by atoms with Crippen LogP contribution in [0.5, 0.6) is 0 Å². The van der Waals surface area contributed by atoms with Crippen molar-refractivity contribution < 1.29 is 19.0 Å². The number of aldehydes is 1. The Morgan fingerprint density at radius 1 is 1.36 bits per heavy atom. The Labute approximate surface area is 83.1 Å². The molecule has 0 fully saturated rings. The van der Waals surface area contributed by atoms with Gasteiger partial charge in [-0.25, -0.2) is 0 Å². The molecule has 4 nitrogen and oxygen atoms in total. The summed E-state index contributed by atoms with van der Waals surface area (Å²) < 4.78 is 15.3. The largest absolute Gasteiger partial charge is 0.501 e. The van der Waals surface area contributed by atoms with Crippen molar-refractivity contribution in [1.29, 1.82) is 0 Å². The third kappa shape index (κ3) is 1.96. The third-order valence-electron chi connectivity index (χ3n) is 2.22. The van der Waals surface area contributed by atoms with E-state index in [-0.39, 0.29) is 0 Å². The van der Waals surface area contributed by atoms with Crippen molar-refractivity contribution in [3.05, 3.63) is 23.7 Å². The molecule has 0 radical (unpaired) electrons. The van der Waals surface area contributed by atoms with Crippen LogP contribution in [-0.2, 0) is 19.0 Å². The zero-order chi connectivity index (χ0) is 10.6. The van der Waals surface area contributed by atoms with E-state index in [1.165, 1.54) is 14.2 Å². The predicted octanol–water partition coefficient (Wildman–Crippen LogP) is 1.03. The molecule has 1 rings (SSSR count). The van der Waals surface area contributed by atoms with E-state index < -0.39 is 5.60 Å². The Morgan fingerprint density at radius 3 is 2.50 bits per heavy atom. The summed E-state index contributed by atoms with van der Waals surface area (Å²) in [4.78, 5) is 10.9. The molecule has 0 spiro atoms. The molecule has 0 bridgehead atoms. The van der Waals surface area contributed by atoms with Gasteiger partial charge in [-0.2, -0.15) is 0 Å². The first kappa shape index (κ1) is 10.8. The maximum Gasteiger partial charge on any atom is 0.156 e. The van der Waals surface area contributed by atoms with Crippen molar-refractivity contribution in [3.63, 3.8) is 0 Å². The normalized spacial score (nSPS) is 26.2. The Kier molecular flexibility index (Phi) is 3.30. The molecular formula is C10H14O4. The van der Waals surface area contributed by atoms with E-state index in [0.29, 0.717) is 17.9 Å². The lowest BCUT2D eigenvalue weighted by Crippen LogP contribution is -2.34. The average molecular weight is 198 g/mol. The molecule has 1 aliphatic carbocycles. The second-order valence-electron chi connectivity index (χ2n) is 3.02. The molecule has 0 heterocycles. The summed E-state index contributed by atoms with van der Waals surface area (Å²) in [7, 11) is 4.57. The van der Waals surface area contributed by atoms with Gasteiger partial charge in [0.15, 0.2) is 11.9 Å². The lowest BCUT2D eigenvalue weighted by atomic mass is 9.94. The van der Waals surface area contributed by atoms with Gasteiger partial charge in [0, 0.05) is 19.6 Å². The highest BCUT2D eigenvalue weighted by molar-refractivity contribution is 5.68. The van der Waals surface area contributed by atoms with Gasteiger partial charge in [-0.1, -0.05) is 0 Å². The summed E-state index contributed by atoms with van der Waals surface area (Å²) >= 11 is 0. The van der Waals surface area contributed by atoms with Crippen LogP contribution < -0.4 is 0 Å². The smallest absolute Gasteiger partial charge is 0.156 e. The molecule has 78 valence electrons. The zero-order valence-corrected chi connectivity index (χ0v) is 8.57. The van der Waals surface area contributed by atoms with Gasteiger partial charge in [0.2, 0.25) is 0 Å². The molecule has 0 aromatic heterocycles. The molecule has 14 heavy (non-hydrogen) atoms. The third-order valence-corrected chi connectivity index (χ3v) is 2.22. The molecule has 0 aromatic rings. The maximum atomic E-state index is 10.9. The molecule has 0 saturated heterocycles. The quantitative estimate of drug-likeness (QED) is 0.633. The Morgan fingerprint density at radius 2 is 2.07 bits per heavy atom. The minimum atomic E-state index is -0.953. The first-order valence-corrected chi connectivity index (χ1v) is 4.22. The fourth-order valence-corrected chi connectivity index (χ4v) is 1.32. The number of ether oxygens (including phenoxy) is 3. The molecule has 0 N–H and O–H groups in total. The van der Waals surface area contributed by atoms with Crippen molar-refractivity contribution in [2.75, 3.05) is 21.3 Å². The predicted molar refractivity (Wildman–Crippen MR) is 50.6 cm³/mol. The number of rotatable bonds is 4. The standard InChI is InChI=1S/C10H14O4/c1-12-8-4-9(13-2)6-10(5-8,7-11)14-3/h4-5,7H,6H2,1-3H3. The molecule has 0 aliphatic heterocycles. The van der Waals surface area contributed by atoms with Gasteiger partial charge in [-0.3, -0.25) is 4.79 Å². The van der Waals surface area contributed by atoms with Crippen LogP contribution in [0.3, 0.4) is 0 Å². The van der Waals surface area contributed by atoms with Gasteiger partial charge in [-0.15, -0.1) is 0 Å². The summed E-state index contributed by atoms with van der Waals surface area (Å²) in [6.07, 6.45) is 4.53. The van der Waals surface area contributed by atoms with Crippen LogP contribution in [-0.4, -0.2) is 33.2 Å². The second-order valence-corrected chi connectivity index (χ2v) is 3.02. The van der Waals surface area contributed by atoms with E-state index in [9.17, 15) is 4.79 Å². The van der Waals surface area contributed by atoms with E-state index in [1.54, 1.807) is 19.3 Å².